The fraction of sp³-hybridized carbons (Fsp3) is 0. The van der Waals surface area contributed by atoms with E-state index in [0.717, 1.165) is 6.07 Å². The van der Waals surface area contributed by atoms with Crippen LogP contribution in [-0.4, -0.2) is 23.2 Å². The van der Waals surface area contributed by atoms with Gasteiger partial charge in [-0.05, 0) is 42.5 Å². The number of carbonyl (C=O) groups excluding carboxylic acids is 1. The van der Waals surface area contributed by atoms with Crippen molar-refractivity contribution in [2.75, 3.05) is 0 Å². The summed E-state index contributed by atoms with van der Waals surface area (Å²) in [4.78, 5) is 22.8. The van der Waals surface area contributed by atoms with Crippen LogP contribution in [0.1, 0.15) is 32.0 Å². The van der Waals surface area contributed by atoms with E-state index in [1.165, 1.54) is 30.5 Å². The number of benzene rings is 2. The highest BCUT2D eigenvalue weighted by molar-refractivity contribution is 5.95. The summed E-state index contributed by atoms with van der Waals surface area (Å²) in [6.07, 6.45) is 1.24. The van der Waals surface area contributed by atoms with Crippen LogP contribution in [0.3, 0.4) is 0 Å². The van der Waals surface area contributed by atoms with E-state index in [-0.39, 0.29) is 16.7 Å². The van der Waals surface area contributed by atoms with Gasteiger partial charge in [0.25, 0.3) is 5.91 Å². The lowest BCUT2D eigenvalue weighted by Crippen LogP contribution is -2.19. The molecule has 2 aromatic carbocycles. The number of hydrazone groups is 1. The molecule has 0 aliphatic carbocycles. The Kier molecular flexibility index (Phi) is 5.28. The summed E-state index contributed by atoms with van der Waals surface area (Å²) in [5.41, 5.74) is 2.88. The van der Waals surface area contributed by atoms with Gasteiger partial charge in [0.05, 0.1) is 29.0 Å². The Morgan fingerprint density at radius 2 is 1.89 bits per heavy atom. The normalized spacial score (nSPS) is 10.6. The van der Waals surface area contributed by atoms with E-state index in [2.05, 4.69) is 10.5 Å². The van der Waals surface area contributed by atoms with Crippen molar-refractivity contribution in [3.63, 3.8) is 0 Å². The first-order valence-corrected chi connectivity index (χ1v) is 7.94. The summed E-state index contributed by atoms with van der Waals surface area (Å²) in [7, 11) is 0. The van der Waals surface area contributed by atoms with Crippen LogP contribution in [0.15, 0.2) is 64.1 Å². The number of aromatic carboxylic acids is 1. The lowest BCUT2D eigenvalue weighted by Gasteiger charge is -2.01. The summed E-state index contributed by atoms with van der Waals surface area (Å²) in [6, 6.07) is 14.7. The molecule has 1 amide bonds. The second kappa shape index (κ2) is 7.97. The van der Waals surface area contributed by atoms with Gasteiger partial charge in [-0.25, -0.2) is 14.6 Å². The molecule has 0 unspecified atom stereocenters. The molecule has 3 rings (SSSR count). The third kappa shape index (κ3) is 4.11. The predicted octanol–water partition coefficient (Wildman–Crippen LogP) is 3.42. The van der Waals surface area contributed by atoms with Gasteiger partial charge in [0, 0.05) is 5.56 Å². The first-order chi connectivity index (χ1) is 13.5. The minimum atomic E-state index is -1.02. The minimum Gasteiger partial charge on any atom is -0.478 e. The molecule has 1 aromatic heterocycles. The number of furan rings is 1. The van der Waals surface area contributed by atoms with Crippen molar-refractivity contribution in [1.29, 1.82) is 5.26 Å². The maximum atomic E-state index is 13.8. The van der Waals surface area contributed by atoms with Crippen LogP contribution in [0.4, 0.5) is 4.39 Å². The van der Waals surface area contributed by atoms with E-state index < -0.39 is 17.7 Å². The molecule has 0 saturated heterocycles. The number of rotatable bonds is 5. The number of hydrogen-bond donors (Lipinski definition) is 2. The SMILES string of the molecule is N#Cc1ccc(C(=O)N/N=C/c2ccc(-c3ccc(C(=O)O)cc3)o2)c(F)c1. The zero-order chi connectivity index (χ0) is 20.1. The first-order valence-electron chi connectivity index (χ1n) is 7.94. The Morgan fingerprint density at radius 1 is 1.14 bits per heavy atom. The monoisotopic (exact) mass is 377 g/mol. The Morgan fingerprint density at radius 3 is 2.54 bits per heavy atom. The zero-order valence-electron chi connectivity index (χ0n) is 14.2. The maximum Gasteiger partial charge on any atom is 0.335 e. The quantitative estimate of drug-likeness (QED) is 0.522. The summed E-state index contributed by atoms with van der Waals surface area (Å²) >= 11 is 0. The van der Waals surface area contributed by atoms with Crippen LogP contribution in [0.25, 0.3) is 11.3 Å². The molecule has 28 heavy (non-hydrogen) atoms. The van der Waals surface area contributed by atoms with Crippen LogP contribution < -0.4 is 5.43 Å². The van der Waals surface area contributed by atoms with E-state index in [0.29, 0.717) is 17.1 Å². The minimum absolute atomic E-state index is 0.108. The first kappa shape index (κ1) is 18.5. The van der Waals surface area contributed by atoms with Crippen LogP contribution >= 0.6 is 0 Å². The Labute approximate surface area is 158 Å². The second-order valence-corrected chi connectivity index (χ2v) is 5.59. The van der Waals surface area contributed by atoms with E-state index in [4.69, 9.17) is 14.8 Å². The molecular formula is C20H12FN3O4. The third-order valence-corrected chi connectivity index (χ3v) is 3.74. The number of nitrogens with zero attached hydrogens (tertiary/aromatic N) is 2. The largest absolute Gasteiger partial charge is 0.478 e. The lowest BCUT2D eigenvalue weighted by molar-refractivity contribution is 0.0696. The van der Waals surface area contributed by atoms with Crippen LogP contribution in [0.5, 0.6) is 0 Å². The Hall–Kier alpha value is -4.25. The van der Waals surface area contributed by atoms with Gasteiger partial charge in [-0.3, -0.25) is 4.79 Å². The van der Waals surface area contributed by atoms with Gasteiger partial charge >= 0.3 is 5.97 Å². The van der Waals surface area contributed by atoms with Gasteiger partial charge in [-0.2, -0.15) is 10.4 Å². The van der Waals surface area contributed by atoms with Gasteiger partial charge < -0.3 is 9.52 Å². The third-order valence-electron chi connectivity index (χ3n) is 3.74. The second-order valence-electron chi connectivity index (χ2n) is 5.59. The number of hydrogen-bond acceptors (Lipinski definition) is 5. The van der Waals surface area contributed by atoms with Crippen molar-refractivity contribution >= 4 is 18.1 Å². The van der Waals surface area contributed by atoms with Crippen molar-refractivity contribution in [1.82, 2.24) is 5.43 Å². The standard InChI is InChI=1S/C20H12FN3O4/c21-17-9-12(10-22)1-7-16(17)19(25)24-23-11-15-6-8-18(28-15)13-2-4-14(5-3-13)20(26)27/h1-9,11H,(H,24,25)(H,26,27)/b23-11+. The fourth-order valence-corrected chi connectivity index (χ4v) is 2.34. The molecule has 1 heterocycles. The zero-order valence-corrected chi connectivity index (χ0v) is 14.2. The molecule has 0 radical (unpaired) electrons. The molecule has 0 fully saturated rings. The molecule has 3 aromatic rings. The van der Waals surface area contributed by atoms with Crippen molar-refractivity contribution in [3.8, 4) is 17.4 Å². The van der Waals surface area contributed by atoms with Gasteiger partial charge in [-0.1, -0.05) is 12.1 Å². The fourth-order valence-electron chi connectivity index (χ4n) is 2.34. The number of carboxylic acids is 1. The molecule has 8 heteroatoms. The number of nitriles is 1. The van der Waals surface area contributed by atoms with Gasteiger partial charge in [0.15, 0.2) is 0 Å². The molecule has 0 spiro atoms. The average molecular weight is 377 g/mol. The van der Waals surface area contributed by atoms with E-state index in [9.17, 15) is 14.0 Å². The summed E-state index contributed by atoms with van der Waals surface area (Å²) in [6.45, 7) is 0. The number of halogens is 1. The number of amides is 1. The summed E-state index contributed by atoms with van der Waals surface area (Å²) in [5, 5.41) is 21.3. The van der Waals surface area contributed by atoms with Crippen molar-refractivity contribution in [3.05, 3.63) is 82.9 Å². The van der Waals surface area contributed by atoms with Gasteiger partial charge in [-0.15, -0.1) is 0 Å². The molecule has 138 valence electrons. The average Bonchev–Trinajstić information content (AvgIpc) is 3.16. The number of nitrogens with one attached hydrogen (secondary N) is 1. The molecule has 0 aliphatic heterocycles. The lowest BCUT2D eigenvalue weighted by atomic mass is 10.1. The highest BCUT2D eigenvalue weighted by atomic mass is 19.1. The van der Waals surface area contributed by atoms with Crippen LogP contribution in [0, 0.1) is 17.1 Å². The van der Waals surface area contributed by atoms with Crippen molar-refractivity contribution in [2.24, 2.45) is 5.10 Å². The number of carboxylic acid groups (broad SMARTS) is 1. The molecule has 7 nitrogen and oxygen atoms in total. The topological polar surface area (TPSA) is 116 Å². The highest BCUT2D eigenvalue weighted by Crippen LogP contribution is 2.22. The van der Waals surface area contributed by atoms with Crippen LogP contribution in [0.2, 0.25) is 0 Å². The van der Waals surface area contributed by atoms with Gasteiger partial charge in [0.2, 0.25) is 0 Å². The van der Waals surface area contributed by atoms with E-state index in [1.54, 1.807) is 30.3 Å². The Balaban J connectivity index is 1.66. The number of carbonyl (C=O) groups is 2. The molecule has 0 atom stereocenters. The molecule has 0 saturated carbocycles. The molecule has 0 aliphatic rings. The Bertz CT molecular complexity index is 1110. The summed E-state index contributed by atoms with van der Waals surface area (Å²) < 4.78 is 19.3. The molecule has 0 bridgehead atoms. The predicted molar refractivity (Wildman–Crippen MR) is 97.3 cm³/mol. The van der Waals surface area contributed by atoms with Gasteiger partial charge in [0.1, 0.15) is 17.3 Å². The van der Waals surface area contributed by atoms with E-state index in [1.807, 2.05) is 0 Å². The van der Waals surface area contributed by atoms with Crippen molar-refractivity contribution < 1.29 is 23.5 Å². The summed E-state index contributed by atoms with van der Waals surface area (Å²) in [5.74, 6) is -1.79. The molecular weight excluding hydrogens is 365 g/mol. The maximum absolute atomic E-state index is 13.8. The van der Waals surface area contributed by atoms with Crippen molar-refractivity contribution in [2.45, 2.75) is 0 Å². The van der Waals surface area contributed by atoms with E-state index >= 15 is 0 Å². The molecule has 2 N–H and O–H groups in total. The highest BCUT2D eigenvalue weighted by Gasteiger charge is 2.11. The smallest absolute Gasteiger partial charge is 0.335 e. The van der Waals surface area contributed by atoms with Crippen LogP contribution in [-0.2, 0) is 0 Å².